The van der Waals surface area contributed by atoms with Crippen molar-refractivity contribution in [3.8, 4) is 0 Å². The molecule has 5 heteroatoms. The largest absolute Gasteiger partial charge is 0.328 e. The predicted octanol–water partition coefficient (Wildman–Crippen LogP) is 2.09. The number of aromatic nitrogens is 4. The van der Waals surface area contributed by atoms with E-state index in [1.54, 1.807) is 18.5 Å². The van der Waals surface area contributed by atoms with Crippen molar-refractivity contribution in [1.82, 2.24) is 19.5 Å². The molecular weight excluding hydrogens is 250 g/mol. The second-order valence-corrected chi connectivity index (χ2v) is 4.68. The van der Waals surface area contributed by atoms with Crippen LogP contribution in [0.4, 0.5) is 0 Å². The van der Waals surface area contributed by atoms with Crippen molar-refractivity contribution in [2.75, 3.05) is 0 Å². The number of hydrogen-bond donors (Lipinski definition) is 1. The lowest BCUT2D eigenvalue weighted by Gasteiger charge is -2.11. The van der Waals surface area contributed by atoms with Crippen LogP contribution in [-0.4, -0.2) is 19.5 Å². The maximum Gasteiger partial charge on any atom is 0.145 e. The Balaban J connectivity index is 1.94. The third-order valence-electron chi connectivity index (χ3n) is 3.37. The second kappa shape index (κ2) is 5.38. The minimum atomic E-state index is -0.238. The molecule has 0 spiro atoms. The van der Waals surface area contributed by atoms with E-state index in [9.17, 15) is 0 Å². The lowest BCUT2D eigenvalue weighted by Crippen LogP contribution is -2.18. The van der Waals surface area contributed by atoms with Crippen molar-refractivity contribution in [3.63, 3.8) is 0 Å². The molecule has 0 fully saturated rings. The molecule has 0 bridgehead atoms. The Bertz CT molecular complexity index is 705. The molecule has 0 radical (unpaired) electrons. The van der Waals surface area contributed by atoms with E-state index in [-0.39, 0.29) is 6.04 Å². The first-order valence-corrected chi connectivity index (χ1v) is 6.76. The average molecular weight is 267 g/mol. The van der Waals surface area contributed by atoms with Crippen LogP contribution in [0.25, 0.3) is 11.0 Å². The van der Waals surface area contributed by atoms with E-state index in [2.05, 4.69) is 32.5 Å². The molecule has 0 aliphatic rings. The maximum absolute atomic E-state index is 6.19. The summed E-state index contributed by atoms with van der Waals surface area (Å²) in [4.78, 5) is 13.1. The van der Waals surface area contributed by atoms with Crippen molar-refractivity contribution in [2.45, 2.75) is 25.9 Å². The fourth-order valence-electron chi connectivity index (χ4n) is 2.42. The first-order valence-electron chi connectivity index (χ1n) is 6.76. The van der Waals surface area contributed by atoms with Gasteiger partial charge in [0.2, 0.25) is 0 Å². The van der Waals surface area contributed by atoms with Crippen LogP contribution in [0.1, 0.15) is 24.6 Å². The first-order chi connectivity index (χ1) is 9.79. The summed E-state index contributed by atoms with van der Waals surface area (Å²) in [6.07, 6.45) is 4.06. The van der Waals surface area contributed by atoms with Crippen molar-refractivity contribution < 1.29 is 0 Å². The summed E-state index contributed by atoms with van der Waals surface area (Å²) < 4.78 is 2.19. The van der Waals surface area contributed by atoms with E-state index in [0.717, 1.165) is 23.4 Å². The zero-order valence-corrected chi connectivity index (χ0v) is 11.4. The first kappa shape index (κ1) is 12.7. The average Bonchev–Trinajstić information content (AvgIpc) is 2.85. The van der Waals surface area contributed by atoms with Crippen LogP contribution in [0.2, 0.25) is 0 Å². The van der Waals surface area contributed by atoms with Gasteiger partial charge >= 0.3 is 0 Å². The minimum absolute atomic E-state index is 0.238. The van der Waals surface area contributed by atoms with Gasteiger partial charge in [-0.05, 0) is 25.1 Å². The molecular formula is C15H17N5. The number of imidazole rings is 1. The van der Waals surface area contributed by atoms with E-state index < -0.39 is 0 Å². The van der Waals surface area contributed by atoms with Crippen LogP contribution < -0.4 is 5.73 Å². The third-order valence-corrected chi connectivity index (χ3v) is 3.37. The van der Waals surface area contributed by atoms with E-state index in [1.165, 1.54) is 0 Å². The normalized spacial score (nSPS) is 12.7. The Kier molecular flexibility index (Phi) is 3.43. The number of fused-ring (bicyclic) bond motifs is 1. The van der Waals surface area contributed by atoms with Gasteiger partial charge in [-0.2, -0.15) is 0 Å². The molecule has 102 valence electrons. The molecule has 2 N–H and O–H groups in total. The molecule has 1 atom stereocenters. The van der Waals surface area contributed by atoms with E-state index in [0.29, 0.717) is 12.2 Å². The molecule has 2 aromatic heterocycles. The molecule has 0 saturated heterocycles. The van der Waals surface area contributed by atoms with E-state index in [1.807, 2.05) is 18.2 Å². The summed E-state index contributed by atoms with van der Waals surface area (Å²) in [5.41, 5.74) is 8.34. The lowest BCUT2D eigenvalue weighted by molar-refractivity contribution is 0.609. The van der Waals surface area contributed by atoms with Crippen LogP contribution in [0, 0.1) is 0 Å². The van der Waals surface area contributed by atoms with Gasteiger partial charge in [-0.25, -0.2) is 15.0 Å². The topological polar surface area (TPSA) is 69.6 Å². The molecule has 0 aliphatic carbocycles. The highest BCUT2D eigenvalue weighted by atomic mass is 15.1. The molecule has 0 saturated carbocycles. The Morgan fingerprint density at radius 1 is 1.15 bits per heavy atom. The summed E-state index contributed by atoms with van der Waals surface area (Å²) in [6, 6.07) is 9.69. The molecule has 3 rings (SSSR count). The zero-order chi connectivity index (χ0) is 13.9. The lowest BCUT2D eigenvalue weighted by atomic mass is 10.2. The predicted molar refractivity (Wildman–Crippen MR) is 78.1 cm³/mol. The van der Waals surface area contributed by atoms with Gasteiger partial charge in [0.1, 0.15) is 11.6 Å². The summed E-state index contributed by atoms with van der Waals surface area (Å²) >= 11 is 0. The fourth-order valence-corrected chi connectivity index (χ4v) is 2.42. The Labute approximate surface area is 117 Å². The highest BCUT2D eigenvalue weighted by Gasteiger charge is 2.15. The Hall–Kier alpha value is -2.27. The van der Waals surface area contributed by atoms with Crippen LogP contribution in [0.5, 0.6) is 0 Å². The van der Waals surface area contributed by atoms with Crippen molar-refractivity contribution >= 4 is 11.0 Å². The molecule has 5 nitrogen and oxygen atoms in total. The molecule has 0 aliphatic heterocycles. The molecule has 2 heterocycles. The van der Waals surface area contributed by atoms with Crippen LogP contribution in [0.15, 0.2) is 42.7 Å². The van der Waals surface area contributed by atoms with Gasteiger partial charge in [0.05, 0.1) is 17.1 Å². The molecule has 1 unspecified atom stereocenters. The van der Waals surface area contributed by atoms with Crippen molar-refractivity contribution in [1.29, 1.82) is 0 Å². The molecule has 1 aromatic carbocycles. The SMILES string of the molecule is CCn1c(CC(N)c2ncccn2)nc2ccccc21. The van der Waals surface area contributed by atoms with Gasteiger partial charge in [0, 0.05) is 25.4 Å². The maximum atomic E-state index is 6.19. The number of aryl methyl sites for hydroxylation is 1. The molecule has 0 amide bonds. The van der Waals surface area contributed by atoms with Gasteiger partial charge in [0.15, 0.2) is 0 Å². The quantitative estimate of drug-likeness (QED) is 0.785. The Morgan fingerprint density at radius 3 is 2.65 bits per heavy atom. The van der Waals surface area contributed by atoms with Crippen molar-refractivity contribution in [3.05, 3.63) is 54.4 Å². The van der Waals surface area contributed by atoms with Gasteiger partial charge in [-0.1, -0.05) is 12.1 Å². The van der Waals surface area contributed by atoms with Crippen molar-refractivity contribution in [2.24, 2.45) is 5.73 Å². The number of rotatable bonds is 4. The number of nitrogens with two attached hydrogens (primary N) is 1. The van der Waals surface area contributed by atoms with Gasteiger partial charge in [-0.15, -0.1) is 0 Å². The third kappa shape index (κ3) is 2.28. The van der Waals surface area contributed by atoms with E-state index >= 15 is 0 Å². The van der Waals surface area contributed by atoms with Gasteiger partial charge < -0.3 is 10.3 Å². The highest BCUT2D eigenvalue weighted by molar-refractivity contribution is 5.75. The smallest absolute Gasteiger partial charge is 0.145 e. The molecule has 20 heavy (non-hydrogen) atoms. The minimum Gasteiger partial charge on any atom is -0.328 e. The number of para-hydroxylation sites is 2. The second-order valence-electron chi connectivity index (χ2n) is 4.68. The van der Waals surface area contributed by atoms with Gasteiger partial charge in [-0.3, -0.25) is 0 Å². The van der Waals surface area contributed by atoms with Crippen LogP contribution >= 0.6 is 0 Å². The standard InChI is InChI=1S/C15H17N5/c1-2-20-13-7-4-3-6-12(13)19-14(20)10-11(16)15-17-8-5-9-18-15/h3-9,11H,2,10,16H2,1H3. The summed E-state index contributed by atoms with van der Waals surface area (Å²) in [7, 11) is 0. The monoisotopic (exact) mass is 267 g/mol. The zero-order valence-electron chi connectivity index (χ0n) is 11.4. The summed E-state index contributed by atoms with van der Waals surface area (Å²) in [6.45, 7) is 2.99. The number of nitrogens with zero attached hydrogens (tertiary/aromatic N) is 4. The van der Waals surface area contributed by atoms with E-state index in [4.69, 9.17) is 5.73 Å². The fraction of sp³-hybridized carbons (Fsp3) is 0.267. The van der Waals surface area contributed by atoms with Crippen LogP contribution in [0.3, 0.4) is 0 Å². The summed E-state index contributed by atoms with van der Waals surface area (Å²) in [5, 5.41) is 0. The Morgan fingerprint density at radius 2 is 1.90 bits per heavy atom. The summed E-state index contributed by atoms with van der Waals surface area (Å²) in [5.74, 6) is 1.64. The highest BCUT2D eigenvalue weighted by Crippen LogP contribution is 2.19. The van der Waals surface area contributed by atoms with Gasteiger partial charge in [0.25, 0.3) is 0 Å². The number of hydrogen-bond acceptors (Lipinski definition) is 4. The molecule has 3 aromatic rings. The number of benzene rings is 1. The van der Waals surface area contributed by atoms with Crippen LogP contribution in [-0.2, 0) is 13.0 Å².